The van der Waals surface area contributed by atoms with Gasteiger partial charge in [0.15, 0.2) is 6.61 Å². The number of hydrogen-bond acceptors (Lipinski definition) is 4. The number of benzene rings is 2. The third kappa shape index (κ3) is 5.51. The van der Waals surface area contributed by atoms with Crippen LogP contribution >= 0.6 is 15.9 Å². The Morgan fingerprint density at radius 2 is 1.87 bits per heavy atom. The lowest BCUT2D eigenvalue weighted by molar-refractivity contribution is -0.123. The number of carbonyl (C=O) groups excluding carboxylic acids is 1. The van der Waals surface area contributed by atoms with Crippen molar-refractivity contribution in [1.29, 1.82) is 0 Å². The zero-order valence-electron chi connectivity index (χ0n) is 17.2. The molecule has 0 radical (unpaired) electrons. The van der Waals surface area contributed by atoms with Crippen LogP contribution in [-0.4, -0.2) is 29.9 Å². The van der Waals surface area contributed by atoms with Gasteiger partial charge >= 0.3 is 0 Å². The Bertz CT molecular complexity index is 1040. The van der Waals surface area contributed by atoms with Crippen molar-refractivity contribution in [3.63, 3.8) is 0 Å². The smallest absolute Gasteiger partial charge is 0.277 e. The number of ether oxygens (including phenoxy) is 2. The summed E-state index contributed by atoms with van der Waals surface area (Å²) in [6.07, 6.45) is 1.64. The Hall–Kier alpha value is -3.06. The summed E-state index contributed by atoms with van der Waals surface area (Å²) in [6, 6.07) is 17.3. The molecule has 1 aromatic heterocycles. The highest BCUT2D eigenvalue weighted by molar-refractivity contribution is 9.10. The van der Waals surface area contributed by atoms with Crippen molar-refractivity contribution in [3.8, 4) is 17.2 Å². The molecule has 0 unspecified atom stereocenters. The zero-order chi connectivity index (χ0) is 21.5. The summed E-state index contributed by atoms with van der Waals surface area (Å²) in [4.78, 5) is 12.0. The van der Waals surface area contributed by atoms with Crippen LogP contribution in [0.5, 0.6) is 11.5 Å². The fourth-order valence-electron chi connectivity index (χ4n) is 3.09. The molecule has 156 valence electrons. The van der Waals surface area contributed by atoms with Crippen LogP contribution in [0.2, 0.25) is 0 Å². The van der Waals surface area contributed by atoms with Crippen LogP contribution in [0.3, 0.4) is 0 Å². The van der Waals surface area contributed by atoms with Crippen LogP contribution in [0.25, 0.3) is 5.69 Å². The first-order chi connectivity index (χ1) is 14.5. The number of carbonyl (C=O) groups is 1. The maximum Gasteiger partial charge on any atom is 0.277 e. The van der Waals surface area contributed by atoms with E-state index in [1.165, 1.54) is 0 Å². The number of nitrogens with zero attached hydrogens (tertiary/aromatic N) is 2. The fraction of sp³-hybridized carbons (Fsp3) is 0.217. The first-order valence-corrected chi connectivity index (χ1v) is 10.4. The molecule has 0 saturated carbocycles. The molecule has 0 spiro atoms. The normalized spacial score (nSPS) is 10.9. The van der Waals surface area contributed by atoms with E-state index < -0.39 is 0 Å². The van der Waals surface area contributed by atoms with Gasteiger partial charge in [-0.15, -0.1) is 0 Å². The number of hydrogen-bond donors (Lipinski definition) is 1. The quantitative estimate of drug-likeness (QED) is 0.381. The topological polar surface area (TPSA) is 64.8 Å². The molecule has 0 saturated heterocycles. The minimum atomic E-state index is -0.327. The summed E-state index contributed by atoms with van der Waals surface area (Å²) in [5.74, 6) is 1.13. The molecule has 2 aromatic carbocycles. The largest absolute Gasteiger partial charge is 0.494 e. The molecule has 0 aliphatic carbocycles. The van der Waals surface area contributed by atoms with Crippen molar-refractivity contribution < 1.29 is 14.3 Å². The van der Waals surface area contributed by atoms with Crippen LogP contribution in [0.1, 0.15) is 23.9 Å². The van der Waals surface area contributed by atoms with Gasteiger partial charge in [0.05, 0.1) is 12.8 Å². The zero-order valence-corrected chi connectivity index (χ0v) is 18.8. The molecular formula is C23H24BrN3O3. The molecule has 3 aromatic rings. The predicted octanol–water partition coefficient (Wildman–Crippen LogP) is 4.78. The van der Waals surface area contributed by atoms with Gasteiger partial charge in [-0.1, -0.05) is 22.0 Å². The average Bonchev–Trinajstić information content (AvgIpc) is 3.01. The van der Waals surface area contributed by atoms with Gasteiger partial charge in [0.2, 0.25) is 0 Å². The lowest BCUT2D eigenvalue weighted by Crippen LogP contribution is -2.24. The summed E-state index contributed by atoms with van der Waals surface area (Å²) < 4.78 is 14.0. The lowest BCUT2D eigenvalue weighted by Gasteiger charge is -2.11. The predicted molar refractivity (Wildman–Crippen MR) is 122 cm³/mol. The minimum Gasteiger partial charge on any atom is -0.494 e. The summed E-state index contributed by atoms with van der Waals surface area (Å²) in [5.41, 5.74) is 6.57. The standard InChI is InChI=1S/C23H24BrN3O3/c1-4-29-21-10-8-20(9-11-21)27-16(2)12-18(17(27)3)14-25-26-23(28)15-30-22-7-5-6-19(24)13-22/h5-14H,4,15H2,1-3H3,(H,26,28)/b25-14+. The van der Waals surface area contributed by atoms with Gasteiger partial charge < -0.3 is 14.0 Å². The van der Waals surface area contributed by atoms with E-state index in [0.717, 1.165) is 32.9 Å². The molecule has 1 amide bonds. The van der Waals surface area contributed by atoms with Crippen LogP contribution < -0.4 is 14.9 Å². The summed E-state index contributed by atoms with van der Waals surface area (Å²) in [7, 11) is 0. The summed E-state index contributed by atoms with van der Waals surface area (Å²) in [5, 5.41) is 4.07. The Labute approximate surface area is 184 Å². The van der Waals surface area contributed by atoms with Gasteiger partial charge in [-0.3, -0.25) is 4.79 Å². The Morgan fingerprint density at radius 1 is 1.10 bits per heavy atom. The molecule has 6 nitrogen and oxygen atoms in total. The Morgan fingerprint density at radius 3 is 2.57 bits per heavy atom. The monoisotopic (exact) mass is 469 g/mol. The van der Waals surface area contributed by atoms with Crippen LogP contribution in [-0.2, 0) is 4.79 Å². The second kappa shape index (κ2) is 10.1. The van der Waals surface area contributed by atoms with Crippen LogP contribution in [0.4, 0.5) is 0 Å². The van der Waals surface area contributed by atoms with E-state index in [1.807, 2.05) is 63.2 Å². The molecule has 0 bridgehead atoms. The Balaban J connectivity index is 1.62. The van der Waals surface area contributed by atoms with E-state index in [-0.39, 0.29) is 12.5 Å². The first-order valence-electron chi connectivity index (χ1n) is 9.60. The van der Waals surface area contributed by atoms with Crippen molar-refractivity contribution >= 4 is 28.1 Å². The van der Waals surface area contributed by atoms with Crippen molar-refractivity contribution in [3.05, 3.63) is 76.0 Å². The number of rotatable bonds is 8. The van der Waals surface area contributed by atoms with Crippen molar-refractivity contribution in [2.45, 2.75) is 20.8 Å². The number of aryl methyl sites for hydroxylation is 1. The van der Waals surface area contributed by atoms with E-state index in [4.69, 9.17) is 9.47 Å². The third-order valence-electron chi connectivity index (χ3n) is 4.44. The highest BCUT2D eigenvalue weighted by atomic mass is 79.9. The molecule has 7 heteroatoms. The van der Waals surface area contributed by atoms with Gasteiger partial charge in [0.25, 0.3) is 5.91 Å². The van der Waals surface area contributed by atoms with Crippen molar-refractivity contribution in [1.82, 2.24) is 9.99 Å². The lowest BCUT2D eigenvalue weighted by atomic mass is 10.2. The van der Waals surface area contributed by atoms with E-state index >= 15 is 0 Å². The Kier molecular flexibility index (Phi) is 7.30. The van der Waals surface area contributed by atoms with Gasteiger partial charge in [-0.2, -0.15) is 5.10 Å². The van der Waals surface area contributed by atoms with E-state index in [1.54, 1.807) is 18.3 Å². The maximum absolute atomic E-state index is 12.0. The minimum absolute atomic E-state index is 0.112. The highest BCUT2D eigenvalue weighted by Crippen LogP contribution is 2.22. The first kappa shape index (κ1) is 21.6. The fourth-order valence-corrected chi connectivity index (χ4v) is 3.46. The molecule has 0 aliphatic heterocycles. The third-order valence-corrected chi connectivity index (χ3v) is 4.93. The van der Waals surface area contributed by atoms with Crippen molar-refractivity contribution in [2.24, 2.45) is 5.10 Å². The van der Waals surface area contributed by atoms with Gasteiger partial charge in [-0.25, -0.2) is 5.43 Å². The summed E-state index contributed by atoms with van der Waals surface area (Å²) >= 11 is 3.37. The van der Waals surface area contributed by atoms with E-state index in [9.17, 15) is 4.79 Å². The van der Waals surface area contributed by atoms with Crippen LogP contribution in [0, 0.1) is 13.8 Å². The molecule has 0 aliphatic rings. The van der Waals surface area contributed by atoms with Gasteiger partial charge in [0, 0.05) is 27.1 Å². The van der Waals surface area contributed by atoms with E-state index in [0.29, 0.717) is 12.4 Å². The molecule has 1 heterocycles. The second-order valence-corrected chi connectivity index (χ2v) is 7.54. The van der Waals surface area contributed by atoms with Gasteiger partial charge in [-0.05, 0) is 69.3 Å². The van der Waals surface area contributed by atoms with Crippen LogP contribution in [0.15, 0.2) is 64.2 Å². The molecule has 30 heavy (non-hydrogen) atoms. The van der Waals surface area contributed by atoms with E-state index in [2.05, 4.69) is 31.0 Å². The molecule has 3 rings (SSSR count). The maximum atomic E-state index is 12.0. The average molecular weight is 470 g/mol. The number of aromatic nitrogens is 1. The van der Waals surface area contributed by atoms with Gasteiger partial charge in [0.1, 0.15) is 11.5 Å². The number of nitrogens with one attached hydrogen (secondary N) is 1. The molecular weight excluding hydrogens is 446 g/mol. The van der Waals surface area contributed by atoms with Crippen molar-refractivity contribution in [2.75, 3.05) is 13.2 Å². The number of amides is 1. The number of hydrazone groups is 1. The summed E-state index contributed by atoms with van der Waals surface area (Å²) in [6.45, 7) is 6.54. The SMILES string of the molecule is CCOc1ccc(-n2c(C)cc(/C=N/NC(=O)COc3cccc(Br)c3)c2C)cc1. The highest BCUT2D eigenvalue weighted by Gasteiger charge is 2.10. The second-order valence-electron chi connectivity index (χ2n) is 6.63. The molecule has 0 atom stereocenters. The molecule has 1 N–H and O–H groups in total. The molecule has 0 fully saturated rings. The number of halogens is 1.